The molecule has 0 spiro atoms. The van der Waals surface area contributed by atoms with E-state index in [0.717, 1.165) is 23.0 Å². The zero-order valence-electron chi connectivity index (χ0n) is 12.4. The van der Waals surface area contributed by atoms with Crippen LogP contribution in [0, 0.1) is 6.92 Å². The number of aliphatic carboxylic acids is 1. The Morgan fingerprint density at radius 1 is 1.00 bits per heavy atom. The first-order valence-electron chi connectivity index (χ1n) is 6.98. The van der Waals surface area contributed by atoms with Crippen LogP contribution in [-0.2, 0) is 4.79 Å². The minimum atomic E-state index is -0.988. The topological polar surface area (TPSA) is 55.8 Å². The van der Waals surface area contributed by atoms with Crippen molar-refractivity contribution in [1.82, 2.24) is 0 Å². The summed E-state index contributed by atoms with van der Waals surface area (Å²) in [7, 11) is 0. The van der Waals surface area contributed by atoms with Crippen molar-refractivity contribution in [2.24, 2.45) is 0 Å². The summed E-state index contributed by atoms with van der Waals surface area (Å²) in [6.07, 6.45) is 2.60. The fourth-order valence-corrected chi connectivity index (χ4v) is 1.93. The second kappa shape index (κ2) is 7.88. The summed E-state index contributed by atoms with van der Waals surface area (Å²) in [5, 5.41) is 8.68. The molecule has 0 atom stereocenters. The maximum Gasteiger partial charge on any atom is 0.328 e. The van der Waals surface area contributed by atoms with Gasteiger partial charge in [0, 0.05) is 11.6 Å². The highest BCUT2D eigenvalue weighted by atomic mass is 16.5. The van der Waals surface area contributed by atoms with Crippen LogP contribution in [0.15, 0.2) is 54.6 Å². The minimum Gasteiger partial charge on any atom is -0.490 e. The molecule has 0 aliphatic rings. The molecule has 0 bridgehead atoms. The number of rotatable bonds is 7. The molecule has 0 saturated heterocycles. The summed E-state index contributed by atoms with van der Waals surface area (Å²) < 4.78 is 11.3. The SMILES string of the molecule is Cc1ccccc1OCCOc1ccccc1C=CC(=O)O. The van der Waals surface area contributed by atoms with Gasteiger partial charge < -0.3 is 14.6 Å². The molecular formula is C18H18O4. The largest absolute Gasteiger partial charge is 0.490 e. The van der Waals surface area contributed by atoms with Gasteiger partial charge >= 0.3 is 5.97 Å². The third-order valence-electron chi connectivity index (χ3n) is 3.02. The molecule has 114 valence electrons. The van der Waals surface area contributed by atoms with E-state index in [2.05, 4.69) is 0 Å². The zero-order valence-corrected chi connectivity index (χ0v) is 12.4. The van der Waals surface area contributed by atoms with E-state index >= 15 is 0 Å². The summed E-state index contributed by atoms with van der Waals surface area (Å²) in [5.74, 6) is 0.483. The lowest BCUT2D eigenvalue weighted by Gasteiger charge is -2.11. The Kier molecular flexibility index (Phi) is 5.60. The molecule has 4 nitrogen and oxygen atoms in total. The first-order chi connectivity index (χ1) is 10.7. The van der Waals surface area contributed by atoms with Gasteiger partial charge in [-0.15, -0.1) is 0 Å². The first-order valence-corrected chi connectivity index (χ1v) is 6.98. The van der Waals surface area contributed by atoms with Crippen LogP contribution < -0.4 is 9.47 Å². The van der Waals surface area contributed by atoms with Crippen molar-refractivity contribution in [3.63, 3.8) is 0 Å². The molecular weight excluding hydrogens is 280 g/mol. The van der Waals surface area contributed by atoms with Gasteiger partial charge in [-0.2, -0.15) is 0 Å². The number of hydrogen-bond donors (Lipinski definition) is 1. The number of carbonyl (C=O) groups is 1. The van der Waals surface area contributed by atoms with E-state index < -0.39 is 5.97 Å². The van der Waals surface area contributed by atoms with E-state index in [1.54, 1.807) is 12.1 Å². The van der Waals surface area contributed by atoms with Crippen LogP contribution in [0.3, 0.4) is 0 Å². The number of carboxylic acids is 1. The van der Waals surface area contributed by atoms with Crippen molar-refractivity contribution in [2.75, 3.05) is 13.2 Å². The van der Waals surface area contributed by atoms with Crippen LogP contribution in [0.5, 0.6) is 11.5 Å². The summed E-state index contributed by atoms with van der Waals surface area (Å²) in [4.78, 5) is 10.6. The van der Waals surface area contributed by atoms with Crippen molar-refractivity contribution >= 4 is 12.0 Å². The lowest BCUT2D eigenvalue weighted by Crippen LogP contribution is -2.10. The van der Waals surface area contributed by atoms with Crippen molar-refractivity contribution in [3.05, 3.63) is 65.7 Å². The Balaban J connectivity index is 1.89. The number of para-hydroxylation sites is 2. The van der Waals surface area contributed by atoms with Crippen LogP contribution in [0.1, 0.15) is 11.1 Å². The monoisotopic (exact) mass is 298 g/mol. The van der Waals surface area contributed by atoms with Gasteiger partial charge in [0.2, 0.25) is 0 Å². The molecule has 0 unspecified atom stereocenters. The molecule has 0 aliphatic carbocycles. The minimum absolute atomic E-state index is 0.381. The number of hydrogen-bond acceptors (Lipinski definition) is 3. The lowest BCUT2D eigenvalue weighted by molar-refractivity contribution is -0.131. The molecule has 0 aliphatic heterocycles. The molecule has 22 heavy (non-hydrogen) atoms. The van der Waals surface area contributed by atoms with Gasteiger partial charge in [0.05, 0.1) is 0 Å². The van der Waals surface area contributed by atoms with E-state index in [9.17, 15) is 4.79 Å². The standard InChI is InChI=1S/C18H18O4/c1-14-6-2-4-8-16(14)21-12-13-22-17-9-5-3-7-15(17)10-11-18(19)20/h2-11H,12-13H2,1H3,(H,19,20). The Morgan fingerprint density at radius 3 is 2.27 bits per heavy atom. The van der Waals surface area contributed by atoms with Crippen LogP contribution in [0.4, 0.5) is 0 Å². The fourth-order valence-electron chi connectivity index (χ4n) is 1.93. The molecule has 4 heteroatoms. The van der Waals surface area contributed by atoms with Crippen molar-refractivity contribution in [2.45, 2.75) is 6.92 Å². The fraction of sp³-hybridized carbons (Fsp3) is 0.167. The van der Waals surface area contributed by atoms with E-state index in [1.807, 2.05) is 43.3 Å². The molecule has 0 heterocycles. The average Bonchev–Trinajstić information content (AvgIpc) is 2.52. The first kappa shape index (κ1) is 15.6. The maximum absolute atomic E-state index is 10.6. The van der Waals surface area contributed by atoms with Crippen LogP contribution >= 0.6 is 0 Å². The molecule has 2 aromatic rings. The van der Waals surface area contributed by atoms with Gasteiger partial charge in [0.25, 0.3) is 0 Å². The average molecular weight is 298 g/mol. The molecule has 1 N–H and O–H groups in total. The molecule has 0 fully saturated rings. The second-order valence-corrected chi connectivity index (χ2v) is 4.67. The Hall–Kier alpha value is -2.75. The van der Waals surface area contributed by atoms with Gasteiger partial charge in [-0.05, 0) is 30.7 Å². The van der Waals surface area contributed by atoms with Crippen molar-refractivity contribution < 1.29 is 19.4 Å². The van der Waals surface area contributed by atoms with Crippen molar-refractivity contribution in [3.8, 4) is 11.5 Å². The molecule has 0 saturated carbocycles. The third kappa shape index (κ3) is 4.66. The van der Waals surface area contributed by atoms with E-state index in [-0.39, 0.29) is 0 Å². The Bertz CT molecular complexity index is 662. The molecule has 0 aromatic heterocycles. The Morgan fingerprint density at radius 2 is 1.59 bits per heavy atom. The smallest absolute Gasteiger partial charge is 0.328 e. The highest BCUT2D eigenvalue weighted by Crippen LogP contribution is 2.20. The predicted octanol–water partition coefficient (Wildman–Crippen LogP) is 3.55. The highest BCUT2D eigenvalue weighted by Gasteiger charge is 2.02. The van der Waals surface area contributed by atoms with Gasteiger partial charge in [0.1, 0.15) is 24.7 Å². The van der Waals surface area contributed by atoms with E-state index in [0.29, 0.717) is 19.0 Å². The number of ether oxygens (including phenoxy) is 2. The van der Waals surface area contributed by atoms with E-state index in [4.69, 9.17) is 14.6 Å². The third-order valence-corrected chi connectivity index (χ3v) is 3.02. The van der Waals surface area contributed by atoms with Gasteiger partial charge in [-0.3, -0.25) is 0 Å². The summed E-state index contributed by atoms with van der Waals surface area (Å²) >= 11 is 0. The highest BCUT2D eigenvalue weighted by molar-refractivity contribution is 5.85. The second-order valence-electron chi connectivity index (χ2n) is 4.67. The summed E-state index contributed by atoms with van der Waals surface area (Å²) in [6, 6.07) is 15.1. The number of benzene rings is 2. The zero-order chi connectivity index (χ0) is 15.8. The number of carboxylic acid groups (broad SMARTS) is 1. The predicted molar refractivity (Wildman–Crippen MR) is 85.3 cm³/mol. The van der Waals surface area contributed by atoms with Crippen LogP contribution in [0.25, 0.3) is 6.08 Å². The lowest BCUT2D eigenvalue weighted by atomic mass is 10.2. The van der Waals surface area contributed by atoms with Crippen LogP contribution in [-0.4, -0.2) is 24.3 Å². The molecule has 2 aromatic carbocycles. The van der Waals surface area contributed by atoms with Gasteiger partial charge in [-0.25, -0.2) is 4.79 Å². The quantitative estimate of drug-likeness (QED) is 0.627. The molecule has 2 rings (SSSR count). The van der Waals surface area contributed by atoms with Crippen LogP contribution in [0.2, 0.25) is 0 Å². The van der Waals surface area contributed by atoms with E-state index in [1.165, 1.54) is 6.08 Å². The van der Waals surface area contributed by atoms with Crippen molar-refractivity contribution in [1.29, 1.82) is 0 Å². The summed E-state index contributed by atoms with van der Waals surface area (Å²) in [6.45, 7) is 2.79. The molecule has 0 radical (unpaired) electrons. The maximum atomic E-state index is 10.6. The Labute approximate surface area is 129 Å². The summed E-state index contributed by atoms with van der Waals surface area (Å²) in [5.41, 5.74) is 1.80. The molecule has 0 amide bonds. The number of aryl methyl sites for hydroxylation is 1. The van der Waals surface area contributed by atoms with Gasteiger partial charge in [0.15, 0.2) is 0 Å². The normalized spacial score (nSPS) is 10.6. The van der Waals surface area contributed by atoms with Gasteiger partial charge in [-0.1, -0.05) is 36.4 Å².